The average Bonchev–Trinajstić information content (AvgIpc) is 3.07. The predicted octanol–water partition coefficient (Wildman–Crippen LogP) is 1.20. The van der Waals surface area contributed by atoms with Crippen molar-refractivity contribution in [3.63, 3.8) is 0 Å². The van der Waals surface area contributed by atoms with Crippen molar-refractivity contribution in [3.05, 3.63) is 35.8 Å². The summed E-state index contributed by atoms with van der Waals surface area (Å²) in [4.78, 5) is 21.6. The van der Waals surface area contributed by atoms with Crippen LogP contribution >= 0.6 is 0 Å². The van der Waals surface area contributed by atoms with E-state index in [-0.39, 0.29) is 11.8 Å². The molecule has 0 bridgehead atoms. The van der Waals surface area contributed by atoms with Gasteiger partial charge in [-0.3, -0.25) is 4.79 Å². The fraction of sp³-hybridized carbons (Fsp3) is 0.571. The summed E-state index contributed by atoms with van der Waals surface area (Å²) >= 11 is 0. The summed E-state index contributed by atoms with van der Waals surface area (Å²) in [7, 11) is -3.17. The Kier molecular flexibility index (Phi) is 6.02. The molecule has 4 heterocycles. The molecule has 0 aromatic carbocycles. The van der Waals surface area contributed by atoms with Gasteiger partial charge in [0.2, 0.25) is 15.9 Å². The Morgan fingerprint density at radius 3 is 2.29 bits per heavy atom. The van der Waals surface area contributed by atoms with E-state index >= 15 is 0 Å². The van der Waals surface area contributed by atoms with Gasteiger partial charge in [0, 0.05) is 51.4 Å². The fourth-order valence-electron chi connectivity index (χ4n) is 4.64. The quantitative estimate of drug-likeness (QED) is 0.701. The molecule has 0 aliphatic carbocycles. The van der Waals surface area contributed by atoms with E-state index in [1.807, 2.05) is 34.7 Å². The second-order valence-corrected chi connectivity index (χ2v) is 10.4. The van der Waals surface area contributed by atoms with Crippen molar-refractivity contribution in [1.29, 1.82) is 0 Å². The number of piperazine rings is 1. The van der Waals surface area contributed by atoms with Crippen LogP contribution in [0.5, 0.6) is 0 Å². The van der Waals surface area contributed by atoms with Gasteiger partial charge in [-0.25, -0.2) is 22.4 Å². The second kappa shape index (κ2) is 8.58. The third-order valence-electron chi connectivity index (χ3n) is 6.30. The van der Waals surface area contributed by atoms with Gasteiger partial charge in [0.15, 0.2) is 5.82 Å². The maximum atomic E-state index is 13.0. The molecule has 10 heteroatoms. The maximum absolute atomic E-state index is 13.0. The van der Waals surface area contributed by atoms with E-state index in [0.29, 0.717) is 39.0 Å². The highest BCUT2D eigenvalue weighted by Crippen LogP contribution is 2.28. The minimum atomic E-state index is -3.17. The SMILES string of the molecule is Cc1nn(-c2ccccn2)c(C)c1N1CCN(C(=O)C2CCN(S(C)(=O)=O)CC2)CC1. The number of nitrogens with zero attached hydrogens (tertiary/aromatic N) is 6. The number of piperidine rings is 1. The van der Waals surface area contributed by atoms with Gasteiger partial charge in [0.05, 0.1) is 23.3 Å². The van der Waals surface area contributed by atoms with Crippen LogP contribution in [0.1, 0.15) is 24.2 Å². The van der Waals surface area contributed by atoms with Crippen LogP contribution in [0.2, 0.25) is 0 Å². The lowest BCUT2D eigenvalue weighted by atomic mass is 9.96. The summed E-state index contributed by atoms with van der Waals surface area (Å²) in [5.74, 6) is 0.869. The average molecular weight is 447 g/mol. The van der Waals surface area contributed by atoms with Gasteiger partial charge in [0.25, 0.3) is 0 Å². The molecule has 2 saturated heterocycles. The van der Waals surface area contributed by atoms with Crippen molar-refractivity contribution in [1.82, 2.24) is 24.0 Å². The monoisotopic (exact) mass is 446 g/mol. The van der Waals surface area contributed by atoms with Crippen molar-refractivity contribution >= 4 is 21.6 Å². The molecule has 2 fully saturated rings. The topological polar surface area (TPSA) is 91.6 Å². The van der Waals surface area contributed by atoms with Gasteiger partial charge in [0.1, 0.15) is 0 Å². The molecule has 31 heavy (non-hydrogen) atoms. The highest BCUT2D eigenvalue weighted by molar-refractivity contribution is 7.88. The standard InChI is InChI=1S/C21H30N6O3S/c1-16-20(17(2)27(23-16)19-6-4-5-9-22-19)24-12-14-25(15-13-24)21(28)18-7-10-26(11-8-18)31(3,29)30/h4-6,9,18H,7-8,10-15H2,1-3H3. The maximum Gasteiger partial charge on any atom is 0.225 e. The first-order valence-electron chi connectivity index (χ1n) is 10.7. The number of anilines is 1. The van der Waals surface area contributed by atoms with E-state index in [1.165, 1.54) is 10.6 Å². The number of sulfonamides is 1. The highest BCUT2D eigenvalue weighted by atomic mass is 32.2. The molecule has 2 aliphatic rings. The molecule has 0 spiro atoms. The van der Waals surface area contributed by atoms with E-state index in [2.05, 4.69) is 21.9 Å². The first-order valence-corrected chi connectivity index (χ1v) is 12.6. The molecule has 168 valence electrons. The number of aromatic nitrogens is 3. The van der Waals surface area contributed by atoms with Crippen LogP contribution in [0.3, 0.4) is 0 Å². The number of aryl methyl sites for hydroxylation is 1. The van der Waals surface area contributed by atoms with Gasteiger partial charge in [-0.05, 0) is 38.8 Å². The Balaban J connectivity index is 1.38. The van der Waals surface area contributed by atoms with Gasteiger partial charge in [-0.1, -0.05) is 6.07 Å². The van der Waals surface area contributed by atoms with Crippen LogP contribution in [-0.2, 0) is 14.8 Å². The number of pyridine rings is 1. The molecule has 0 N–H and O–H groups in total. The van der Waals surface area contributed by atoms with E-state index in [1.54, 1.807) is 6.20 Å². The zero-order valence-corrected chi connectivity index (χ0v) is 19.2. The summed E-state index contributed by atoms with van der Waals surface area (Å²) < 4.78 is 26.7. The number of rotatable bonds is 4. The molecule has 2 aromatic heterocycles. The van der Waals surface area contributed by atoms with Crippen molar-refractivity contribution < 1.29 is 13.2 Å². The summed E-state index contributed by atoms with van der Waals surface area (Å²) in [6, 6.07) is 5.77. The van der Waals surface area contributed by atoms with Gasteiger partial charge >= 0.3 is 0 Å². The molecular formula is C21H30N6O3S. The normalized spacial score (nSPS) is 19.1. The summed E-state index contributed by atoms with van der Waals surface area (Å²) in [5.41, 5.74) is 3.11. The molecule has 0 unspecified atom stereocenters. The second-order valence-electron chi connectivity index (χ2n) is 8.37. The Morgan fingerprint density at radius 1 is 1.03 bits per heavy atom. The zero-order chi connectivity index (χ0) is 22.2. The Labute approximate surface area is 183 Å². The molecule has 2 aromatic rings. The molecule has 1 amide bonds. The van der Waals surface area contributed by atoms with E-state index in [4.69, 9.17) is 0 Å². The molecule has 9 nitrogen and oxygen atoms in total. The van der Waals surface area contributed by atoms with E-state index in [9.17, 15) is 13.2 Å². The lowest BCUT2D eigenvalue weighted by Gasteiger charge is -2.39. The van der Waals surface area contributed by atoms with Crippen LogP contribution in [-0.4, -0.2) is 83.8 Å². The summed E-state index contributed by atoms with van der Waals surface area (Å²) in [6.07, 6.45) is 4.19. The van der Waals surface area contributed by atoms with Crippen molar-refractivity contribution in [2.45, 2.75) is 26.7 Å². The third-order valence-corrected chi connectivity index (χ3v) is 7.60. The lowest BCUT2D eigenvalue weighted by Crippen LogP contribution is -2.52. The lowest BCUT2D eigenvalue weighted by molar-refractivity contribution is -0.137. The number of hydrogen-bond acceptors (Lipinski definition) is 6. The van der Waals surface area contributed by atoms with Crippen LogP contribution in [0, 0.1) is 19.8 Å². The number of carbonyl (C=O) groups is 1. The Bertz CT molecular complexity index is 1040. The molecule has 0 saturated carbocycles. The first kappa shape index (κ1) is 21.8. The zero-order valence-electron chi connectivity index (χ0n) is 18.4. The number of amides is 1. The minimum Gasteiger partial charge on any atom is -0.365 e. The number of hydrogen-bond donors (Lipinski definition) is 0. The van der Waals surface area contributed by atoms with Crippen LogP contribution in [0.25, 0.3) is 5.82 Å². The van der Waals surface area contributed by atoms with Crippen molar-refractivity contribution in [2.75, 3.05) is 50.4 Å². The molecule has 4 rings (SSSR count). The molecule has 2 aliphatic heterocycles. The largest absolute Gasteiger partial charge is 0.365 e. The van der Waals surface area contributed by atoms with Crippen molar-refractivity contribution in [2.24, 2.45) is 5.92 Å². The summed E-state index contributed by atoms with van der Waals surface area (Å²) in [5, 5.41) is 4.69. The molecule has 0 radical (unpaired) electrons. The Hall–Kier alpha value is -2.46. The van der Waals surface area contributed by atoms with Gasteiger partial charge in [-0.15, -0.1) is 0 Å². The van der Waals surface area contributed by atoms with Gasteiger partial charge in [-0.2, -0.15) is 5.10 Å². The Morgan fingerprint density at radius 2 is 1.71 bits per heavy atom. The minimum absolute atomic E-state index is 0.0834. The van der Waals surface area contributed by atoms with Crippen molar-refractivity contribution in [3.8, 4) is 5.82 Å². The van der Waals surface area contributed by atoms with Crippen LogP contribution in [0.15, 0.2) is 24.4 Å². The van der Waals surface area contributed by atoms with E-state index < -0.39 is 10.0 Å². The summed E-state index contributed by atoms with van der Waals surface area (Å²) in [6.45, 7) is 7.76. The first-order chi connectivity index (χ1) is 14.8. The van der Waals surface area contributed by atoms with Crippen LogP contribution in [0.4, 0.5) is 5.69 Å². The highest BCUT2D eigenvalue weighted by Gasteiger charge is 2.33. The van der Waals surface area contributed by atoms with Gasteiger partial charge < -0.3 is 9.80 Å². The number of carbonyl (C=O) groups excluding carboxylic acids is 1. The predicted molar refractivity (Wildman–Crippen MR) is 119 cm³/mol. The molecule has 0 atom stereocenters. The third kappa shape index (κ3) is 4.45. The fourth-order valence-corrected chi connectivity index (χ4v) is 5.51. The molecular weight excluding hydrogens is 416 g/mol. The van der Waals surface area contributed by atoms with E-state index in [0.717, 1.165) is 36.0 Å². The van der Waals surface area contributed by atoms with Crippen LogP contribution < -0.4 is 4.90 Å². The smallest absolute Gasteiger partial charge is 0.225 e.